The third-order valence-electron chi connectivity index (χ3n) is 10.2. The van der Waals surface area contributed by atoms with E-state index in [0.717, 1.165) is 24.2 Å². The largest absolute Gasteiger partial charge is 0.457 e. The molecule has 2 aliphatic heterocycles. The third kappa shape index (κ3) is 10.5. The second-order valence-electron chi connectivity index (χ2n) is 14.2. The first kappa shape index (κ1) is 35.9. The van der Waals surface area contributed by atoms with Crippen LogP contribution in [-0.2, 0) is 14.3 Å². The highest BCUT2D eigenvalue weighted by molar-refractivity contribution is 5.70. The quantitative estimate of drug-likeness (QED) is 0.153. The van der Waals surface area contributed by atoms with Crippen molar-refractivity contribution in [3.8, 4) is 0 Å². The third-order valence-corrected chi connectivity index (χ3v) is 10.2. The number of hydrogen-bond donors (Lipinski definition) is 1. The molecule has 1 aromatic heterocycles. The van der Waals surface area contributed by atoms with E-state index < -0.39 is 17.8 Å². The fourth-order valence-corrected chi connectivity index (χ4v) is 6.92. The number of nitrogens with zero attached hydrogens (tertiary/aromatic N) is 3. The summed E-state index contributed by atoms with van der Waals surface area (Å²) in [6.07, 6.45) is 20.8. The van der Waals surface area contributed by atoms with Gasteiger partial charge >= 0.3 is 12.1 Å². The topological polar surface area (TPSA) is 92.2 Å². The van der Waals surface area contributed by atoms with Crippen LogP contribution in [0.1, 0.15) is 104 Å². The van der Waals surface area contributed by atoms with Crippen molar-refractivity contribution in [3.63, 3.8) is 0 Å². The van der Waals surface area contributed by atoms with E-state index in [4.69, 9.17) is 9.47 Å². The first-order valence-corrected chi connectivity index (χ1v) is 17.6. The average molecular weight is 636 g/mol. The predicted molar refractivity (Wildman–Crippen MR) is 182 cm³/mol. The molecule has 1 aromatic rings. The second-order valence-corrected chi connectivity index (χ2v) is 14.2. The van der Waals surface area contributed by atoms with Gasteiger partial charge in [-0.15, -0.1) is 0 Å². The standard InChI is InChI=1S/C38H57N3O5/c1-28-19-20-38(5,44)34(45-37(43)41-24-22-40(23-25-41)33-15-8-6-7-9-16-33)18-17-31(4)36(46-35(42)26-28)30(3)13-10-12-29(2)32-14-11-21-39-27-32/h10-14,17-18,21,27-29,31,33-34,36,44H,6-9,15-16,19-20,22-26H2,1-5H3/b12-10+,18-17+,30-13+/t28-,29+,31+,34+,36-,38-/m1/s1. The van der Waals surface area contributed by atoms with Crippen LogP contribution in [-0.4, -0.2) is 82.0 Å². The number of ether oxygens (including phenoxy) is 2. The van der Waals surface area contributed by atoms with Gasteiger partial charge < -0.3 is 19.5 Å². The minimum Gasteiger partial charge on any atom is -0.457 e. The number of esters is 1. The number of piperazine rings is 1. The van der Waals surface area contributed by atoms with E-state index in [0.29, 0.717) is 32.0 Å². The Bertz CT molecular complexity index is 1200. The van der Waals surface area contributed by atoms with Gasteiger partial charge in [-0.25, -0.2) is 4.79 Å². The Labute approximate surface area is 276 Å². The van der Waals surface area contributed by atoms with Gasteiger partial charge in [0.2, 0.25) is 0 Å². The highest BCUT2D eigenvalue weighted by Gasteiger charge is 2.37. The van der Waals surface area contributed by atoms with Crippen molar-refractivity contribution in [1.29, 1.82) is 0 Å². The summed E-state index contributed by atoms with van der Waals surface area (Å²) in [6.45, 7) is 12.8. The van der Waals surface area contributed by atoms with Gasteiger partial charge in [-0.05, 0) is 68.7 Å². The van der Waals surface area contributed by atoms with Crippen LogP contribution in [0.15, 0.2) is 60.5 Å². The lowest BCUT2D eigenvalue weighted by molar-refractivity contribution is -0.150. The molecule has 254 valence electrons. The van der Waals surface area contributed by atoms with E-state index in [2.05, 4.69) is 29.0 Å². The monoisotopic (exact) mass is 635 g/mol. The molecule has 0 bridgehead atoms. The van der Waals surface area contributed by atoms with Crippen LogP contribution in [0.5, 0.6) is 0 Å². The molecular weight excluding hydrogens is 578 g/mol. The van der Waals surface area contributed by atoms with Gasteiger partial charge in [0.15, 0.2) is 6.10 Å². The Kier molecular flexibility index (Phi) is 13.5. The molecule has 0 aromatic carbocycles. The van der Waals surface area contributed by atoms with Gasteiger partial charge in [0, 0.05) is 62.9 Å². The minimum absolute atomic E-state index is 0.0104. The Balaban J connectivity index is 1.45. The van der Waals surface area contributed by atoms with Gasteiger partial charge in [-0.2, -0.15) is 0 Å². The molecule has 1 aliphatic carbocycles. The number of allylic oxidation sites excluding steroid dienone is 3. The molecule has 1 saturated carbocycles. The molecule has 1 N–H and O–H groups in total. The molecule has 0 unspecified atom stereocenters. The van der Waals surface area contributed by atoms with E-state index in [1.165, 1.54) is 38.5 Å². The maximum Gasteiger partial charge on any atom is 0.410 e. The number of hydrogen-bond acceptors (Lipinski definition) is 7. The van der Waals surface area contributed by atoms with Crippen LogP contribution < -0.4 is 0 Å². The molecule has 8 nitrogen and oxygen atoms in total. The first-order valence-electron chi connectivity index (χ1n) is 17.6. The number of carbonyl (C=O) groups excluding carboxylic acids is 2. The van der Waals surface area contributed by atoms with Crippen LogP contribution in [0.25, 0.3) is 0 Å². The van der Waals surface area contributed by atoms with Crippen LogP contribution in [0.2, 0.25) is 0 Å². The summed E-state index contributed by atoms with van der Waals surface area (Å²) >= 11 is 0. The zero-order chi connectivity index (χ0) is 33.1. The van der Waals surface area contributed by atoms with Crippen molar-refractivity contribution in [2.75, 3.05) is 26.2 Å². The zero-order valence-electron chi connectivity index (χ0n) is 28.8. The fraction of sp³-hybridized carbons (Fsp3) is 0.658. The minimum atomic E-state index is -1.28. The molecule has 4 rings (SSSR count). The maximum absolute atomic E-state index is 13.5. The molecule has 3 aliphatic rings. The predicted octanol–water partition coefficient (Wildman–Crippen LogP) is 7.21. The summed E-state index contributed by atoms with van der Waals surface area (Å²) in [5, 5.41) is 11.6. The number of cyclic esters (lactones) is 1. The number of aromatic nitrogens is 1. The summed E-state index contributed by atoms with van der Waals surface area (Å²) in [5.41, 5.74) is 0.759. The molecular formula is C38H57N3O5. The smallest absolute Gasteiger partial charge is 0.410 e. The molecule has 2 fully saturated rings. The van der Waals surface area contributed by atoms with Crippen molar-refractivity contribution >= 4 is 12.1 Å². The van der Waals surface area contributed by atoms with Gasteiger partial charge in [-0.1, -0.05) is 76.8 Å². The van der Waals surface area contributed by atoms with Crippen LogP contribution in [0, 0.1) is 11.8 Å². The second kappa shape index (κ2) is 17.3. The zero-order valence-corrected chi connectivity index (χ0v) is 28.8. The Morgan fingerprint density at radius 1 is 1.11 bits per heavy atom. The van der Waals surface area contributed by atoms with Crippen LogP contribution in [0.3, 0.4) is 0 Å². The van der Waals surface area contributed by atoms with Gasteiger partial charge in [0.05, 0.1) is 0 Å². The SMILES string of the molecule is C/C(=C\C=C\[C@H](C)c1cccnc1)[C@H]1OC(=O)C[C@H](C)CC[C@@](C)(O)[C@@H](OC(=O)N2CCN(C3CCCCCC3)CC2)/C=C/[C@@H]1C. The molecule has 0 spiro atoms. The highest BCUT2D eigenvalue weighted by Crippen LogP contribution is 2.29. The summed E-state index contributed by atoms with van der Waals surface area (Å²) in [4.78, 5) is 35.0. The van der Waals surface area contributed by atoms with Gasteiger partial charge in [-0.3, -0.25) is 14.7 Å². The number of amides is 1. The Morgan fingerprint density at radius 2 is 1.83 bits per heavy atom. The van der Waals surface area contributed by atoms with E-state index in [1.807, 2.05) is 51.3 Å². The molecule has 1 saturated heterocycles. The number of aliphatic hydroxyl groups is 1. The van der Waals surface area contributed by atoms with Gasteiger partial charge in [0.1, 0.15) is 11.7 Å². The lowest BCUT2D eigenvalue weighted by Gasteiger charge is -2.40. The normalized spacial score (nSPS) is 31.3. The first-order chi connectivity index (χ1) is 22.0. The molecule has 46 heavy (non-hydrogen) atoms. The van der Waals surface area contributed by atoms with Crippen LogP contribution in [0.4, 0.5) is 4.79 Å². The van der Waals surface area contributed by atoms with E-state index in [9.17, 15) is 14.7 Å². The summed E-state index contributed by atoms with van der Waals surface area (Å²) in [6, 6.07) is 4.61. The van der Waals surface area contributed by atoms with E-state index >= 15 is 0 Å². The molecule has 3 heterocycles. The van der Waals surface area contributed by atoms with Crippen molar-refractivity contribution in [3.05, 3.63) is 66.0 Å². The maximum atomic E-state index is 13.5. The summed E-state index contributed by atoms with van der Waals surface area (Å²) in [5.74, 6) is -0.257. The van der Waals surface area contributed by atoms with Crippen molar-refractivity contribution in [2.24, 2.45) is 11.8 Å². The number of pyridine rings is 1. The summed E-state index contributed by atoms with van der Waals surface area (Å²) < 4.78 is 12.1. The number of carbonyl (C=O) groups is 2. The van der Waals surface area contributed by atoms with Gasteiger partial charge in [0.25, 0.3) is 0 Å². The Morgan fingerprint density at radius 3 is 2.50 bits per heavy atom. The van der Waals surface area contributed by atoms with E-state index in [-0.39, 0.29) is 36.2 Å². The van der Waals surface area contributed by atoms with Crippen molar-refractivity contribution in [2.45, 2.75) is 122 Å². The Hall–Kier alpha value is -2.97. The van der Waals surface area contributed by atoms with Crippen LogP contribution >= 0.6 is 0 Å². The highest BCUT2D eigenvalue weighted by atomic mass is 16.6. The average Bonchev–Trinajstić information content (AvgIpc) is 3.34. The van der Waals surface area contributed by atoms with E-state index in [1.54, 1.807) is 24.1 Å². The molecule has 6 atom stereocenters. The lowest BCUT2D eigenvalue weighted by Crippen LogP contribution is -2.53. The summed E-state index contributed by atoms with van der Waals surface area (Å²) in [7, 11) is 0. The molecule has 0 radical (unpaired) electrons. The fourth-order valence-electron chi connectivity index (χ4n) is 6.92. The number of rotatable bonds is 6. The molecule has 8 heteroatoms. The van der Waals surface area contributed by atoms with Crippen molar-refractivity contribution < 1.29 is 24.2 Å². The van der Waals surface area contributed by atoms with Crippen molar-refractivity contribution in [1.82, 2.24) is 14.8 Å². The molecule has 1 amide bonds. The lowest BCUT2D eigenvalue weighted by atomic mass is 9.87.